The molecule has 0 bridgehead atoms. The van der Waals surface area contributed by atoms with Crippen LogP contribution in [0.15, 0.2) is 18.2 Å². The molecule has 0 aliphatic carbocycles. The van der Waals surface area contributed by atoms with Crippen LogP contribution in [0, 0.1) is 11.6 Å². The first-order valence-electron chi connectivity index (χ1n) is 6.20. The molecule has 1 aliphatic rings. The minimum absolute atomic E-state index is 0.0673. The van der Waals surface area contributed by atoms with Crippen molar-refractivity contribution in [3.63, 3.8) is 0 Å². The molecular weight excluding hydrogens is 252 g/mol. The summed E-state index contributed by atoms with van der Waals surface area (Å²) in [6, 6.07) is 3.21. The van der Waals surface area contributed by atoms with Gasteiger partial charge in [-0.25, -0.2) is 8.78 Å². The molecule has 0 spiro atoms. The van der Waals surface area contributed by atoms with Gasteiger partial charge in [-0.3, -0.25) is 4.79 Å². The first kappa shape index (κ1) is 13.9. The van der Waals surface area contributed by atoms with Crippen molar-refractivity contribution in [2.75, 3.05) is 13.2 Å². The standard InChI is InChI=1S/C14H17F2NO2/c1-9-7-17(14(2,3)8-19-9)13(18)10-4-5-11(15)12(16)6-10/h4-6,9H,7-8H2,1-3H3. The summed E-state index contributed by atoms with van der Waals surface area (Å²) in [4.78, 5) is 14.1. The van der Waals surface area contributed by atoms with Gasteiger partial charge >= 0.3 is 0 Å². The minimum atomic E-state index is -1.01. The van der Waals surface area contributed by atoms with Gasteiger partial charge in [-0.1, -0.05) is 0 Å². The summed E-state index contributed by atoms with van der Waals surface area (Å²) < 4.78 is 31.6. The number of carbonyl (C=O) groups is 1. The molecule has 3 nitrogen and oxygen atoms in total. The van der Waals surface area contributed by atoms with Crippen molar-refractivity contribution in [3.8, 4) is 0 Å². The van der Waals surface area contributed by atoms with E-state index < -0.39 is 17.2 Å². The van der Waals surface area contributed by atoms with Gasteiger partial charge in [0.25, 0.3) is 5.91 Å². The second-order valence-electron chi connectivity index (χ2n) is 5.48. The number of morpholine rings is 1. The Kier molecular flexibility index (Phi) is 3.58. The average molecular weight is 269 g/mol. The van der Waals surface area contributed by atoms with E-state index >= 15 is 0 Å². The average Bonchev–Trinajstić information content (AvgIpc) is 2.35. The summed E-state index contributed by atoms with van der Waals surface area (Å²) in [7, 11) is 0. The van der Waals surface area contributed by atoms with Crippen LogP contribution in [0.25, 0.3) is 0 Å². The van der Waals surface area contributed by atoms with E-state index in [0.29, 0.717) is 13.2 Å². The molecular formula is C14H17F2NO2. The Balaban J connectivity index is 2.29. The minimum Gasteiger partial charge on any atom is -0.374 e. The molecule has 0 radical (unpaired) electrons. The molecule has 1 unspecified atom stereocenters. The van der Waals surface area contributed by atoms with Gasteiger partial charge in [0, 0.05) is 12.1 Å². The van der Waals surface area contributed by atoms with Crippen LogP contribution in [0.3, 0.4) is 0 Å². The van der Waals surface area contributed by atoms with Crippen LogP contribution in [0.5, 0.6) is 0 Å². The van der Waals surface area contributed by atoms with Crippen LogP contribution in [0.1, 0.15) is 31.1 Å². The van der Waals surface area contributed by atoms with E-state index in [0.717, 1.165) is 12.1 Å². The molecule has 1 aromatic carbocycles. The third-order valence-electron chi connectivity index (χ3n) is 3.30. The third-order valence-corrected chi connectivity index (χ3v) is 3.30. The van der Waals surface area contributed by atoms with Gasteiger partial charge in [-0.15, -0.1) is 0 Å². The number of hydrogen-bond donors (Lipinski definition) is 0. The molecule has 1 fully saturated rings. The van der Waals surface area contributed by atoms with E-state index in [4.69, 9.17) is 4.74 Å². The zero-order valence-corrected chi connectivity index (χ0v) is 11.2. The van der Waals surface area contributed by atoms with Gasteiger partial charge < -0.3 is 9.64 Å². The molecule has 104 valence electrons. The molecule has 2 rings (SSSR count). The van der Waals surface area contributed by atoms with E-state index in [1.54, 1.807) is 4.90 Å². The summed E-state index contributed by atoms with van der Waals surface area (Å²) in [6.45, 7) is 6.50. The second kappa shape index (κ2) is 4.89. The molecule has 0 N–H and O–H groups in total. The molecule has 19 heavy (non-hydrogen) atoms. The number of hydrogen-bond acceptors (Lipinski definition) is 2. The number of ether oxygens (including phenoxy) is 1. The zero-order chi connectivity index (χ0) is 14.2. The van der Waals surface area contributed by atoms with Gasteiger partial charge in [0.1, 0.15) is 0 Å². The molecule has 1 amide bonds. The quantitative estimate of drug-likeness (QED) is 0.784. The fraction of sp³-hybridized carbons (Fsp3) is 0.500. The van der Waals surface area contributed by atoms with Gasteiger partial charge in [0.2, 0.25) is 0 Å². The van der Waals surface area contributed by atoms with Crippen LogP contribution in [-0.2, 0) is 4.74 Å². The fourth-order valence-corrected chi connectivity index (χ4v) is 2.12. The van der Waals surface area contributed by atoms with Gasteiger partial charge in [0.15, 0.2) is 11.6 Å². The Hall–Kier alpha value is -1.49. The summed E-state index contributed by atoms with van der Waals surface area (Å²) in [5.41, 5.74) is -0.310. The molecule has 1 aliphatic heterocycles. The Morgan fingerprint density at radius 3 is 2.68 bits per heavy atom. The SMILES string of the molecule is CC1CN(C(=O)c2ccc(F)c(F)c2)C(C)(C)CO1. The van der Waals surface area contributed by atoms with Crippen molar-refractivity contribution in [3.05, 3.63) is 35.4 Å². The van der Waals surface area contributed by atoms with Gasteiger partial charge in [0.05, 0.1) is 18.2 Å². The lowest BCUT2D eigenvalue weighted by Crippen LogP contribution is -2.57. The third kappa shape index (κ3) is 2.76. The normalized spacial score (nSPS) is 22.4. The first-order valence-corrected chi connectivity index (χ1v) is 6.20. The van der Waals surface area contributed by atoms with E-state index in [9.17, 15) is 13.6 Å². The van der Waals surface area contributed by atoms with Crippen LogP contribution in [0.2, 0.25) is 0 Å². The summed E-state index contributed by atoms with van der Waals surface area (Å²) >= 11 is 0. The largest absolute Gasteiger partial charge is 0.374 e. The molecule has 5 heteroatoms. The predicted octanol–water partition coefficient (Wildman–Crippen LogP) is 2.60. The van der Waals surface area contributed by atoms with E-state index in [1.165, 1.54) is 6.07 Å². The second-order valence-corrected chi connectivity index (χ2v) is 5.48. The fourth-order valence-electron chi connectivity index (χ4n) is 2.12. The lowest BCUT2D eigenvalue weighted by Gasteiger charge is -2.44. The smallest absolute Gasteiger partial charge is 0.254 e. The van der Waals surface area contributed by atoms with Crippen molar-refractivity contribution in [2.45, 2.75) is 32.4 Å². The van der Waals surface area contributed by atoms with Crippen LogP contribution < -0.4 is 0 Å². The van der Waals surface area contributed by atoms with Crippen molar-refractivity contribution >= 4 is 5.91 Å². The highest BCUT2D eigenvalue weighted by molar-refractivity contribution is 5.94. The van der Waals surface area contributed by atoms with Crippen molar-refractivity contribution < 1.29 is 18.3 Å². The first-order chi connectivity index (χ1) is 8.81. The maximum absolute atomic E-state index is 13.2. The van der Waals surface area contributed by atoms with Gasteiger partial charge in [-0.05, 0) is 39.0 Å². The Morgan fingerprint density at radius 1 is 1.37 bits per heavy atom. The van der Waals surface area contributed by atoms with E-state index in [-0.39, 0.29) is 17.6 Å². The molecule has 0 saturated carbocycles. The molecule has 1 atom stereocenters. The Bertz CT molecular complexity index is 502. The molecule has 1 aromatic rings. The number of carbonyl (C=O) groups excluding carboxylic acids is 1. The topological polar surface area (TPSA) is 29.5 Å². The van der Waals surface area contributed by atoms with Crippen molar-refractivity contribution in [1.82, 2.24) is 4.90 Å². The monoisotopic (exact) mass is 269 g/mol. The lowest BCUT2D eigenvalue weighted by atomic mass is 9.99. The van der Waals surface area contributed by atoms with Gasteiger partial charge in [-0.2, -0.15) is 0 Å². The summed E-state index contributed by atoms with van der Waals surface area (Å²) in [6.07, 6.45) is -0.0673. The summed E-state index contributed by atoms with van der Waals surface area (Å²) in [5.74, 6) is -2.27. The number of rotatable bonds is 1. The van der Waals surface area contributed by atoms with E-state index in [1.807, 2.05) is 20.8 Å². The number of nitrogens with zero attached hydrogens (tertiary/aromatic N) is 1. The predicted molar refractivity (Wildman–Crippen MR) is 66.9 cm³/mol. The summed E-state index contributed by atoms with van der Waals surface area (Å²) in [5, 5.41) is 0. The Labute approximate surface area is 111 Å². The highest BCUT2D eigenvalue weighted by Gasteiger charge is 2.37. The van der Waals surface area contributed by atoms with Crippen molar-refractivity contribution in [1.29, 1.82) is 0 Å². The van der Waals surface area contributed by atoms with Crippen LogP contribution in [-0.4, -0.2) is 35.6 Å². The maximum Gasteiger partial charge on any atom is 0.254 e. The zero-order valence-electron chi connectivity index (χ0n) is 11.2. The highest BCUT2D eigenvalue weighted by atomic mass is 19.2. The Morgan fingerprint density at radius 2 is 2.05 bits per heavy atom. The highest BCUT2D eigenvalue weighted by Crippen LogP contribution is 2.24. The van der Waals surface area contributed by atoms with E-state index in [2.05, 4.69) is 0 Å². The lowest BCUT2D eigenvalue weighted by molar-refractivity contribution is -0.0756. The molecule has 0 aromatic heterocycles. The van der Waals surface area contributed by atoms with Crippen LogP contribution in [0.4, 0.5) is 8.78 Å². The molecule has 1 saturated heterocycles. The maximum atomic E-state index is 13.2. The number of amides is 1. The molecule has 1 heterocycles. The van der Waals surface area contributed by atoms with Crippen molar-refractivity contribution in [2.24, 2.45) is 0 Å². The number of halogens is 2. The number of benzene rings is 1. The van der Waals surface area contributed by atoms with Crippen LogP contribution >= 0.6 is 0 Å².